The average molecular weight is 385 g/mol. The van der Waals surface area contributed by atoms with Gasteiger partial charge in [0.2, 0.25) is 0 Å². The molecule has 2 heterocycles. The van der Waals surface area contributed by atoms with Crippen molar-refractivity contribution in [2.75, 3.05) is 0 Å². The summed E-state index contributed by atoms with van der Waals surface area (Å²) in [6, 6.07) is 13.6. The highest BCUT2D eigenvalue weighted by Gasteiger charge is 2.16. The molecule has 0 saturated carbocycles. The number of alkyl halides is 2. The van der Waals surface area contributed by atoms with E-state index in [1.807, 2.05) is 24.3 Å². The first kappa shape index (κ1) is 17.3. The highest BCUT2D eigenvalue weighted by atomic mass is 32.1. The minimum absolute atomic E-state index is 0.0472. The highest BCUT2D eigenvalue weighted by Crippen LogP contribution is 2.29. The molecule has 0 aliphatic heterocycles. The number of carbonyl (C=O) groups excluding carboxylic acids is 1. The number of thiazole rings is 1. The molecule has 27 heavy (non-hydrogen) atoms. The molecule has 0 radical (unpaired) electrons. The van der Waals surface area contributed by atoms with E-state index < -0.39 is 12.5 Å². The number of hydrogen-bond donors (Lipinski definition) is 1. The van der Waals surface area contributed by atoms with E-state index in [2.05, 4.69) is 20.0 Å². The number of nitrogens with zero attached hydrogens (tertiary/aromatic N) is 2. The molecular formula is C19H13F2N3O2S. The summed E-state index contributed by atoms with van der Waals surface area (Å²) in [6.45, 7) is -2.82. The van der Waals surface area contributed by atoms with E-state index in [0.29, 0.717) is 5.01 Å². The number of fused-ring (bicyclic) bond motifs is 3. The van der Waals surface area contributed by atoms with E-state index in [0.717, 1.165) is 21.1 Å². The Kier molecular flexibility index (Phi) is 4.64. The first-order valence-electron chi connectivity index (χ1n) is 8.07. The smallest absolute Gasteiger partial charge is 0.387 e. The van der Waals surface area contributed by atoms with Crippen molar-refractivity contribution >= 4 is 38.4 Å². The maximum absolute atomic E-state index is 12.5. The first-order chi connectivity index (χ1) is 13.1. The number of hydrogen-bond acceptors (Lipinski definition) is 5. The van der Waals surface area contributed by atoms with Crippen molar-refractivity contribution in [1.29, 1.82) is 0 Å². The fraction of sp³-hybridized carbons (Fsp3) is 0.105. The first-order valence-corrected chi connectivity index (χ1v) is 8.88. The van der Waals surface area contributed by atoms with Crippen LogP contribution < -0.4 is 10.1 Å². The summed E-state index contributed by atoms with van der Waals surface area (Å²) >= 11 is 1.46. The van der Waals surface area contributed by atoms with Gasteiger partial charge in [-0.25, -0.2) is 4.98 Å². The zero-order chi connectivity index (χ0) is 18.8. The number of benzene rings is 2. The summed E-state index contributed by atoms with van der Waals surface area (Å²) in [6.07, 6.45) is 1.70. The lowest BCUT2D eigenvalue weighted by molar-refractivity contribution is -0.0501. The summed E-state index contributed by atoms with van der Waals surface area (Å²) < 4.78 is 30.4. The molecule has 1 amide bonds. The van der Waals surface area contributed by atoms with Crippen LogP contribution in [-0.2, 0) is 6.54 Å². The number of carbonyl (C=O) groups is 1. The van der Waals surface area contributed by atoms with E-state index in [4.69, 9.17) is 0 Å². The van der Waals surface area contributed by atoms with Gasteiger partial charge in [0.1, 0.15) is 16.3 Å². The molecular weight excluding hydrogens is 372 g/mol. The Balaban J connectivity index is 1.55. The van der Waals surface area contributed by atoms with Gasteiger partial charge in [-0.05, 0) is 18.2 Å². The Morgan fingerprint density at radius 3 is 2.74 bits per heavy atom. The molecule has 4 aromatic rings. The van der Waals surface area contributed by atoms with Crippen molar-refractivity contribution in [3.63, 3.8) is 0 Å². The summed E-state index contributed by atoms with van der Waals surface area (Å²) in [7, 11) is 0. The third-order valence-corrected chi connectivity index (χ3v) is 5.02. The van der Waals surface area contributed by atoms with Crippen LogP contribution in [0.25, 0.3) is 21.1 Å². The normalized spacial score (nSPS) is 11.2. The quantitative estimate of drug-likeness (QED) is 0.554. The van der Waals surface area contributed by atoms with Crippen LogP contribution in [0, 0.1) is 0 Å². The molecule has 5 nitrogen and oxygen atoms in total. The van der Waals surface area contributed by atoms with Crippen LogP contribution in [0.15, 0.2) is 54.7 Å². The third-order valence-electron chi connectivity index (χ3n) is 3.92. The highest BCUT2D eigenvalue weighted by molar-refractivity contribution is 7.19. The van der Waals surface area contributed by atoms with Gasteiger partial charge in [0.15, 0.2) is 0 Å². The number of rotatable bonds is 5. The van der Waals surface area contributed by atoms with Crippen molar-refractivity contribution in [2.45, 2.75) is 13.2 Å². The summed E-state index contributed by atoms with van der Waals surface area (Å²) in [5.74, 6) is -0.669. The monoisotopic (exact) mass is 385 g/mol. The van der Waals surface area contributed by atoms with E-state index in [-0.39, 0.29) is 17.9 Å². The molecule has 4 rings (SSSR count). The van der Waals surface area contributed by atoms with Gasteiger partial charge >= 0.3 is 6.61 Å². The maximum atomic E-state index is 12.5. The summed E-state index contributed by atoms with van der Waals surface area (Å²) in [4.78, 5) is 21.2. The van der Waals surface area contributed by atoms with Crippen LogP contribution in [0.4, 0.5) is 8.78 Å². The predicted octanol–water partition coefficient (Wildman–Crippen LogP) is 4.38. The second-order valence-electron chi connectivity index (χ2n) is 5.65. The Bertz CT molecular complexity index is 1130. The van der Waals surface area contributed by atoms with Crippen LogP contribution in [0.1, 0.15) is 15.4 Å². The molecule has 8 heteroatoms. The molecule has 0 spiro atoms. The van der Waals surface area contributed by atoms with Crippen LogP contribution in [0.3, 0.4) is 0 Å². The van der Waals surface area contributed by atoms with Crippen LogP contribution in [0.2, 0.25) is 0 Å². The number of para-hydroxylation sites is 2. The Hall–Kier alpha value is -3.13. The molecule has 2 aromatic heterocycles. The number of aromatic nitrogens is 2. The molecule has 136 valence electrons. The van der Waals surface area contributed by atoms with Gasteiger partial charge in [-0.3, -0.25) is 9.78 Å². The molecule has 1 N–H and O–H groups in total. The van der Waals surface area contributed by atoms with E-state index >= 15 is 0 Å². The Labute approximate surface area is 156 Å². The lowest BCUT2D eigenvalue weighted by atomic mass is 10.2. The number of ether oxygens (including phenoxy) is 1. The van der Waals surface area contributed by atoms with Gasteiger partial charge in [-0.2, -0.15) is 8.78 Å². The SMILES string of the molecule is O=C(NCc1nc2cnc3ccccc3c2s1)c1ccccc1OC(F)F. The number of halogens is 2. The van der Waals surface area contributed by atoms with E-state index in [1.165, 1.54) is 29.5 Å². The number of nitrogens with one attached hydrogen (secondary N) is 1. The fourth-order valence-electron chi connectivity index (χ4n) is 2.75. The van der Waals surface area contributed by atoms with Gasteiger partial charge in [0, 0.05) is 5.39 Å². The Morgan fingerprint density at radius 2 is 1.89 bits per heavy atom. The summed E-state index contributed by atoms with van der Waals surface area (Å²) in [5, 5.41) is 4.40. The molecule has 0 fully saturated rings. The Morgan fingerprint density at radius 1 is 1.11 bits per heavy atom. The third kappa shape index (κ3) is 3.56. The van der Waals surface area contributed by atoms with Gasteiger partial charge in [-0.15, -0.1) is 11.3 Å². The lowest BCUT2D eigenvalue weighted by Gasteiger charge is -2.10. The number of amides is 1. The molecule has 0 aliphatic carbocycles. The van der Waals surface area contributed by atoms with Crippen molar-refractivity contribution in [2.24, 2.45) is 0 Å². The van der Waals surface area contributed by atoms with Crippen molar-refractivity contribution in [3.05, 3.63) is 65.3 Å². The summed E-state index contributed by atoms with van der Waals surface area (Å²) in [5.41, 5.74) is 1.68. The maximum Gasteiger partial charge on any atom is 0.387 e. The minimum Gasteiger partial charge on any atom is -0.434 e. The van der Waals surface area contributed by atoms with Crippen LogP contribution in [-0.4, -0.2) is 22.5 Å². The molecule has 0 atom stereocenters. The van der Waals surface area contributed by atoms with Crippen LogP contribution >= 0.6 is 11.3 Å². The van der Waals surface area contributed by atoms with Crippen LogP contribution in [0.5, 0.6) is 5.75 Å². The minimum atomic E-state index is -3.00. The van der Waals surface area contributed by atoms with Gasteiger partial charge < -0.3 is 10.1 Å². The zero-order valence-corrected chi connectivity index (χ0v) is 14.7. The van der Waals surface area contributed by atoms with E-state index in [9.17, 15) is 13.6 Å². The average Bonchev–Trinajstić information content (AvgIpc) is 3.10. The molecule has 0 bridgehead atoms. The lowest BCUT2D eigenvalue weighted by Crippen LogP contribution is -2.23. The van der Waals surface area contributed by atoms with Gasteiger partial charge in [0.25, 0.3) is 5.91 Å². The van der Waals surface area contributed by atoms with Gasteiger partial charge in [0.05, 0.1) is 28.5 Å². The molecule has 0 aliphatic rings. The molecule has 2 aromatic carbocycles. The molecule has 0 saturated heterocycles. The predicted molar refractivity (Wildman–Crippen MR) is 99.2 cm³/mol. The zero-order valence-electron chi connectivity index (χ0n) is 13.9. The second kappa shape index (κ2) is 7.24. The fourth-order valence-corrected chi connectivity index (χ4v) is 3.76. The van der Waals surface area contributed by atoms with Crippen molar-refractivity contribution < 1.29 is 18.3 Å². The largest absolute Gasteiger partial charge is 0.434 e. The molecule has 0 unspecified atom stereocenters. The van der Waals surface area contributed by atoms with Crippen molar-refractivity contribution in [1.82, 2.24) is 15.3 Å². The van der Waals surface area contributed by atoms with Crippen molar-refractivity contribution in [3.8, 4) is 5.75 Å². The standard InChI is InChI=1S/C19H13F2N3O2S/c20-19(21)26-15-8-4-2-6-12(15)18(25)23-10-16-24-14-9-22-13-7-3-1-5-11(13)17(14)27-16/h1-9,19H,10H2,(H,23,25). The van der Waals surface area contributed by atoms with E-state index in [1.54, 1.807) is 12.3 Å². The second-order valence-corrected chi connectivity index (χ2v) is 6.74. The van der Waals surface area contributed by atoms with Gasteiger partial charge in [-0.1, -0.05) is 30.3 Å². The number of pyridine rings is 1. The topological polar surface area (TPSA) is 64.1 Å².